The number of sulfonamides is 1. The molecule has 0 aliphatic carbocycles. The van der Waals surface area contributed by atoms with Gasteiger partial charge >= 0.3 is 0 Å². The van der Waals surface area contributed by atoms with Gasteiger partial charge in [0.2, 0.25) is 10.0 Å². The van der Waals surface area contributed by atoms with E-state index in [0.29, 0.717) is 17.7 Å². The zero-order valence-electron chi connectivity index (χ0n) is 13.5. The lowest BCUT2D eigenvalue weighted by Crippen LogP contribution is -2.46. The van der Waals surface area contributed by atoms with E-state index < -0.39 is 16.2 Å². The molecule has 1 aliphatic heterocycles. The van der Waals surface area contributed by atoms with Crippen LogP contribution in [0.4, 0.5) is 4.39 Å². The quantitative estimate of drug-likeness (QED) is 0.739. The fourth-order valence-electron chi connectivity index (χ4n) is 3.03. The molecule has 0 saturated carbocycles. The molecule has 0 aromatic heterocycles. The maximum Gasteiger partial charge on any atom is 0.243 e. The minimum atomic E-state index is -3.52. The first-order chi connectivity index (χ1) is 10.4. The summed E-state index contributed by atoms with van der Waals surface area (Å²) >= 11 is 0. The Bertz CT molecular complexity index is 571. The van der Waals surface area contributed by atoms with Crippen molar-refractivity contribution in [3.8, 4) is 0 Å². The van der Waals surface area contributed by atoms with Gasteiger partial charge in [0, 0.05) is 12.6 Å². The van der Waals surface area contributed by atoms with Crippen LogP contribution in [-0.4, -0.2) is 31.5 Å². The Balaban J connectivity index is 2.19. The molecule has 0 amide bonds. The van der Waals surface area contributed by atoms with Crippen molar-refractivity contribution in [3.63, 3.8) is 0 Å². The van der Waals surface area contributed by atoms with Crippen LogP contribution in [0.1, 0.15) is 51.0 Å². The van der Waals surface area contributed by atoms with E-state index in [9.17, 15) is 12.8 Å². The van der Waals surface area contributed by atoms with Crippen molar-refractivity contribution >= 4 is 10.0 Å². The van der Waals surface area contributed by atoms with E-state index in [1.54, 1.807) is 24.3 Å². The molecule has 0 bridgehead atoms. The average Bonchev–Trinajstić information content (AvgIpc) is 2.48. The number of hydrogen-bond acceptors (Lipinski definition) is 2. The number of piperidine rings is 1. The predicted octanol–water partition coefficient (Wildman–Crippen LogP) is 4.07. The van der Waals surface area contributed by atoms with Crippen molar-refractivity contribution in [2.45, 2.75) is 69.5 Å². The third kappa shape index (κ3) is 4.07. The normalized spacial score (nSPS) is 23.6. The van der Waals surface area contributed by atoms with Crippen LogP contribution in [0.15, 0.2) is 29.2 Å². The summed E-state index contributed by atoms with van der Waals surface area (Å²) in [5, 5.41) is 0. The fraction of sp³-hybridized carbons (Fsp3) is 0.647. The van der Waals surface area contributed by atoms with Crippen molar-refractivity contribution in [3.05, 3.63) is 29.8 Å². The van der Waals surface area contributed by atoms with Gasteiger partial charge in [-0.15, -0.1) is 0 Å². The summed E-state index contributed by atoms with van der Waals surface area (Å²) in [4.78, 5) is 0.316. The van der Waals surface area contributed by atoms with Crippen LogP contribution >= 0.6 is 0 Å². The van der Waals surface area contributed by atoms with E-state index in [1.165, 1.54) is 4.31 Å². The highest BCUT2D eigenvalue weighted by Gasteiger charge is 2.36. The van der Waals surface area contributed by atoms with Gasteiger partial charge in [-0.25, -0.2) is 12.8 Å². The standard InChI is InChI=1S/C17H26FNO2S/c1-3-4-5-6-16-13-15(18)11-12-19(16)22(20,21)17-9-7-14(2)8-10-17/h7-10,15-16H,3-6,11-13H2,1-2H3/t15-,16+/m1/s1. The Morgan fingerprint density at radius 2 is 1.91 bits per heavy atom. The number of halogens is 1. The first-order valence-corrected chi connectivity index (χ1v) is 9.61. The Morgan fingerprint density at radius 1 is 1.23 bits per heavy atom. The van der Waals surface area contributed by atoms with E-state index in [2.05, 4.69) is 6.92 Å². The molecule has 2 rings (SSSR count). The molecule has 1 aromatic rings. The Kier molecular flexibility index (Phi) is 5.98. The summed E-state index contributed by atoms with van der Waals surface area (Å²) in [6.07, 6.45) is 3.59. The number of nitrogens with zero attached hydrogens (tertiary/aromatic N) is 1. The fourth-order valence-corrected chi connectivity index (χ4v) is 4.71. The van der Waals surface area contributed by atoms with Gasteiger partial charge in [-0.3, -0.25) is 0 Å². The smallest absolute Gasteiger partial charge is 0.243 e. The molecule has 1 aliphatic rings. The summed E-state index contributed by atoms with van der Waals surface area (Å²) in [5.41, 5.74) is 1.03. The van der Waals surface area contributed by atoms with Crippen LogP contribution in [0.2, 0.25) is 0 Å². The van der Waals surface area contributed by atoms with Crippen LogP contribution in [-0.2, 0) is 10.0 Å². The average molecular weight is 327 g/mol. The van der Waals surface area contributed by atoms with Gasteiger partial charge in [-0.05, 0) is 38.3 Å². The van der Waals surface area contributed by atoms with E-state index in [4.69, 9.17) is 0 Å². The SMILES string of the molecule is CCCCC[C@H]1C[C@H](F)CCN1S(=O)(=O)c1ccc(C)cc1. The number of aryl methyl sites for hydroxylation is 1. The zero-order chi connectivity index (χ0) is 16.2. The van der Waals surface area contributed by atoms with Crippen molar-refractivity contribution in [1.29, 1.82) is 0 Å². The van der Waals surface area contributed by atoms with E-state index in [0.717, 1.165) is 31.2 Å². The van der Waals surface area contributed by atoms with Crippen molar-refractivity contribution in [2.24, 2.45) is 0 Å². The van der Waals surface area contributed by atoms with E-state index in [-0.39, 0.29) is 12.6 Å². The van der Waals surface area contributed by atoms with Crippen molar-refractivity contribution in [2.75, 3.05) is 6.54 Å². The first kappa shape index (κ1) is 17.4. The topological polar surface area (TPSA) is 37.4 Å². The molecular weight excluding hydrogens is 301 g/mol. The van der Waals surface area contributed by atoms with Gasteiger partial charge in [0.15, 0.2) is 0 Å². The molecule has 22 heavy (non-hydrogen) atoms. The van der Waals surface area contributed by atoms with E-state index >= 15 is 0 Å². The lowest BCUT2D eigenvalue weighted by atomic mass is 9.98. The monoisotopic (exact) mass is 327 g/mol. The molecule has 0 N–H and O–H groups in total. The molecule has 0 unspecified atom stereocenters. The minimum Gasteiger partial charge on any atom is -0.247 e. The summed E-state index contributed by atoms with van der Waals surface area (Å²) in [7, 11) is -3.52. The third-order valence-electron chi connectivity index (χ3n) is 4.37. The molecule has 1 saturated heterocycles. The second-order valence-electron chi connectivity index (χ2n) is 6.20. The molecule has 2 atom stereocenters. The number of alkyl halides is 1. The van der Waals surface area contributed by atoms with Crippen LogP contribution in [0.3, 0.4) is 0 Å². The highest BCUT2D eigenvalue weighted by atomic mass is 32.2. The van der Waals surface area contributed by atoms with Gasteiger partial charge in [0.25, 0.3) is 0 Å². The van der Waals surface area contributed by atoms with Crippen LogP contribution in [0, 0.1) is 6.92 Å². The molecule has 0 radical (unpaired) electrons. The number of benzene rings is 1. The molecular formula is C17H26FNO2S. The number of unbranched alkanes of at least 4 members (excludes halogenated alkanes) is 2. The van der Waals surface area contributed by atoms with Crippen molar-refractivity contribution < 1.29 is 12.8 Å². The van der Waals surface area contributed by atoms with Gasteiger partial charge in [-0.2, -0.15) is 4.31 Å². The lowest BCUT2D eigenvalue weighted by Gasteiger charge is -2.36. The van der Waals surface area contributed by atoms with Gasteiger partial charge in [-0.1, -0.05) is 43.9 Å². The third-order valence-corrected chi connectivity index (χ3v) is 6.33. The first-order valence-electron chi connectivity index (χ1n) is 8.17. The van der Waals surface area contributed by atoms with Gasteiger partial charge in [0.05, 0.1) is 4.90 Å². The lowest BCUT2D eigenvalue weighted by molar-refractivity contribution is 0.148. The molecule has 1 heterocycles. The molecule has 124 valence electrons. The maximum atomic E-state index is 13.7. The number of rotatable bonds is 6. The van der Waals surface area contributed by atoms with E-state index in [1.807, 2.05) is 6.92 Å². The van der Waals surface area contributed by atoms with Crippen molar-refractivity contribution in [1.82, 2.24) is 4.31 Å². The summed E-state index contributed by atoms with van der Waals surface area (Å²) < 4.78 is 41.0. The second-order valence-corrected chi connectivity index (χ2v) is 8.09. The molecule has 3 nitrogen and oxygen atoms in total. The summed E-state index contributed by atoms with van der Waals surface area (Å²) in [6, 6.07) is 6.70. The molecule has 0 spiro atoms. The van der Waals surface area contributed by atoms with Crippen LogP contribution in [0.25, 0.3) is 0 Å². The van der Waals surface area contributed by atoms with Gasteiger partial charge < -0.3 is 0 Å². The Hall–Kier alpha value is -0.940. The molecule has 5 heteroatoms. The minimum absolute atomic E-state index is 0.207. The summed E-state index contributed by atoms with van der Waals surface area (Å²) in [5.74, 6) is 0. The molecule has 1 fully saturated rings. The highest BCUT2D eigenvalue weighted by molar-refractivity contribution is 7.89. The molecule has 1 aromatic carbocycles. The van der Waals surface area contributed by atoms with Gasteiger partial charge in [0.1, 0.15) is 6.17 Å². The van der Waals surface area contributed by atoms with Crippen LogP contribution < -0.4 is 0 Å². The maximum absolute atomic E-state index is 13.7. The zero-order valence-corrected chi connectivity index (χ0v) is 14.3. The number of hydrogen-bond donors (Lipinski definition) is 0. The van der Waals surface area contributed by atoms with Crippen LogP contribution in [0.5, 0.6) is 0 Å². The largest absolute Gasteiger partial charge is 0.247 e. The second kappa shape index (κ2) is 7.55. The summed E-state index contributed by atoms with van der Waals surface area (Å²) in [6.45, 7) is 4.33. The predicted molar refractivity (Wildman–Crippen MR) is 87.1 cm³/mol. The Labute approximate surface area is 133 Å². The Morgan fingerprint density at radius 3 is 2.55 bits per heavy atom. The highest BCUT2D eigenvalue weighted by Crippen LogP contribution is 2.29.